The first kappa shape index (κ1) is 18.0. The van der Waals surface area contributed by atoms with Crippen molar-refractivity contribution in [3.8, 4) is 0 Å². The molecule has 6 rings (SSSR count). The molecule has 4 saturated carbocycles. The number of nitrogens with zero attached hydrogens (tertiary/aromatic N) is 2. The van der Waals surface area contributed by atoms with Gasteiger partial charge >= 0.3 is 0 Å². The molecule has 4 heteroatoms. The maximum atomic E-state index is 13.8. The van der Waals surface area contributed by atoms with Crippen LogP contribution in [-0.2, 0) is 9.59 Å². The Bertz CT molecular complexity index is 585. The molecule has 3 atom stereocenters. The number of piperidine rings is 1. The molecular formula is C23H36N2O2. The molecule has 2 amide bonds. The maximum Gasteiger partial charge on any atom is 0.245 e. The van der Waals surface area contributed by atoms with Gasteiger partial charge in [-0.3, -0.25) is 9.59 Å². The van der Waals surface area contributed by atoms with E-state index in [4.69, 9.17) is 0 Å². The van der Waals surface area contributed by atoms with Crippen molar-refractivity contribution in [2.24, 2.45) is 35.0 Å². The summed E-state index contributed by atoms with van der Waals surface area (Å²) < 4.78 is 0. The van der Waals surface area contributed by atoms with E-state index in [-0.39, 0.29) is 17.4 Å². The zero-order valence-electron chi connectivity index (χ0n) is 17.2. The average Bonchev–Trinajstić information content (AvgIpc) is 3.07. The molecule has 0 spiro atoms. The lowest BCUT2D eigenvalue weighted by atomic mass is 9.49. The van der Waals surface area contributed by atoms with Crippen molar-refractivity contribution >= 4 is 11.8 Å². The summed E-state index contributed by atoms with van der Waals surface area (Å²) in [7, 11) is 0. The Hall–Kier alpha value is -1.06. The van der Waals surface area contributed by atoms with Crippen LogP contribution in [0, 0.1) is 35.0 Å². The van der Waals surface area contributed by atoms with E-state index in [9.17, 15) is 9.59 Å². The summed E-state index contributed by atoms with van der Waals surface area (Å²) in [4.78, 5) is 31.3. The van der Waals surface area contributed by atoms with E-state index >= 15 is 0 Å². The van der Waals surface area contributed by atoms with Crippen molar-refractivity contribution < 1.29 is 9.59 Å². The molecule has 4 aliphatic carbocycles. The second-order valence-electron chi connectivity index (χ2n) is 11.0. The van der Waals surface area contributed by atoms with Gasteiger partial charge in [0.25, 0.3) is 0 Å². The van der Waals surface area contributed by atoms with Gasteiger partial charge in [0.15, 0.2) is 0 Å². The van der Waals surface area contributed by atoms with Crippen LogP contribution in [0.1, 0.15) is 71.6 Å². The third kappa shape index (κ3) is 3.02. The molecule has 2 saturated heterocycles. The highest BCUT2D eigenvalue weighted by molar-refractivity contribution is 5.91. The fourth-order valence-electron chi connectivity index (χ4n) is 8.00. The van der Waals surface area contributed by atoms with Crippen LogP contribution >= 0.6 is 0 Å². The summed E-state index contributed by atoms with van der Waals surface area (Å²) >= 11 is 0. The molecule has 0 N–H and O–H groups in total. The molecule has 2 heterocycles. The summed E-state index contributed by atoms with van der Waals surface area (Å²) in [6.07, 6.45) is 10.5. The summed E-state index contributed by atoms with van der Waals surface area (Å²) in [6.45, 7) is 7.06. The van der Waals surface area contributed by atoms with E-state index in [1.54, 1.807) is 0 Å². The van der Waals surface area contributed by atoms with Gasteiger partial charge in [0.2, 0.25) is 11.8 Å². The minimum Gasteiger partial charge on any atom is -0.340 e. The van der Waals surface area contributed by atoms with Crippen molar-refractivity contribution in [1.29, 1.82) is 0 Å². The summed E-state index contributed by atoms with van der Waals surface area (Å²) in [5.41, 5.74) is -0.111. The minimum atomic E-state index is -0.178. The molecule has 6 fully saturated rings. The predicted molar refractivity (Wildman–Crippen MR) is 105 cm³/mol. The molecule has 4 nitrogen and oxygen atoms in total. The molecule has 0 aromatic heterocycles. The maximum absolute atomic E-state index is 13.8. The molecule has 4 bridgehead atoms. The molecule has 0 aromatic carbocycles. The van der Waals surface area contributed by atoms with Crippen LogP contribution in [0.4, 0.5) is 0 Å². The third-order valence-electron chi connectivity index (χ3n) is 8.47. The number of hydrogen-bond donors (Lipinski definition) is 0. The van der Waals surface area contributed by atoms with Gasteiger partial charge in [-0.2, -0.15) is 0 Å². The number of hydrogen-bond acceptors (Lipinski definition) is 2. The number of carbonyl (C=O) groups excluding carboxylic acids is 2. The van der Waals surface area contributed by atoms with Gasteiger partial charge in [-0.25, -0.2) is 0 Å². The average molecular weight is 373 g/mol. The fourth-order valence-corrected chi connectivity index (χ4v) is 8.00. The van der Waals surface area contributed by atoms with Gasteiger partial charge in [0.1, 0.15) is 6.04 Å². The summed E-state index contributed by atoms with van der Waals surface area (Å²) in [6, 6.07) is -0.178. The lowest BCUT2D eigenvalue weighted by molar-refractivity contribution is -0.162. The van der Waals surface area contributed by atoms with Crippen LogP contribution in [0.25, 0.3) is 0 Å². The standard InChI is InChI=1S/C23H36N2O2/c1-15-6-16(2)14-24(13-15)21(26)20-4-3-5-25(20)22(27)23-10-17-7-18(11-23)9-19(8-17)12-23/h15-20H,3-14H2,1-2H3/t15-,16-,17?,18?,19?,20+,23?/m1/s1. The van der Waals surface area contributed by atoms with Crippen LogP contribution in [0.2, 0.25) is 0 Å². The van der Waals surface area contributed by atoms with Crippen molar-refractivity contribution in [3.05, 3.63) is 0 Å². The Morgan fingerprint density at radius 3 is 1.96 bits per heavy atom. The van der Waals surface area contributed by atoms with Gasteiger partial charge in [-0.1, -0.05) is 13.8 Å². The van der Waals surface area contributed by atoms with E-state index < -0.39 is 0 Å². The number of carbonyl (C=O) groups is 2. The van der Waals surface area contributed by atoms with E-state index in [1.165, 1.54) is 25.7 Å². The molecule has 6 aliphatic rings. The lowest BCUT2D eigenvalue weighted by Crippen LogP contribution is -2.58. The third-order valence-corrected chi connectivity index (χ3v) is 8.47. The number of rotatable bonds is 2. The van der Waals surface area contributed by atoms with E-state index in [2.05, 4.69) is 18.7 Å². The first-order chi connectivity index (χ1) is 12.9. The first-order valence-electron chi connectivity index (χ1n) is 11.5. The van der Waals surface area contributed by atoms with Gasteiger partial charge < -0.3 is 9.80 Å². The molecule has 0 unspecified atom stereocenters. The van der Waals surface area contributed by atoms with Crippen LogP contribution in [0.3, 0.4) is 0 Å². The molecule has 150 valence electrons. The number of likely N-dealkylation sites (tertiary alicyclic amines) is 2. The molecule has 27 heavy (non-hydrogen) atoms. The Labute approximate surface area is 164 Å². The summed E-state index contributed by atoms with van der Waals surface area (Å²) in [5, 5.41) is 0. The van der Waals surface area contributed by atoms with Crippen LogP contribution in [0.15, 0.2) is 0 Å². The van der Waals surface area contributed by atoms with Gasteiger partial charge in [0, 0.05) is 19.6 Å². The Kier molecular flexibility index (Phi) is 4.32. The monoisotopic (exact) mass is 372 g/mol. The molecule has 0 aromatic rings. The first-order valence-corrected chi connectivity index (χ1v) is 11.5. The second-order valence-corrected chi connectivity index (χ2v) is 11.0. The van der Waals surface area contributed by atoms with Gasteiger partial charge in [0.05, 0.1) is 5.41 Å². The van der Waals surface area contributed by atoms with E-state index in [0.29, 0.717) is 17.7 Å². The Morgan fingerprint density at radius 1 is 0.852 bits per heavy atom. The van der Waals surface area contributed by atoms with E-state index in [1.807, 2.05) is 4.90 Å². The lowest BCUT2D eigenvalue weighted by Gasteiger charge is -2.56. The topological polar surface area (TPSA) is 40.6 Å². The van der Waals surface area contributed by atoms with Crippen molar-refractivity contribution in [2.45, 2.75) is 77.7 Å². The van der Waals surface area contributed by atoms with Gasteiger partial charge in [-0.15, -0.1) is 0 Å². The predicted octanol–water partition coefficient (Wildman–Crippen LogP) is 3.70. The molecule has 2 aliphatic heterocycles. The highest BCUT2D eigenvalue weighted by Crippen LogP contribution is 2.60. The Morgan fingerprint density at radius 2 is 1.41 bits per heavy atom. The Balaban J connectivity index is 1.34. The normalized spacial score (nSPS) is 46.1. The van der Waals surface area contributed by atoms with Crippen molar-refractivity contribution in [2.75, 3.05) is 19.6 Å². The van der Waals surface area contributed by atoms with E-state index in [0.717, 1.165) is 69.5 Å². The largest absolute Gasteiger partial charge is 0.340 e. The second kappa shape index (κ2) is 6.49. The van der Waals surface area contributed by atoms with Gasteiger partial charge in [-0.05, 0) is 87.4 Å². The smallest absolute Gasteiger partial charge is 0.245 e. The quantitative estimate of drug-likeness (QED) is 0.742. The van der Waals surface area contributed by atoms with Crippen LogP contribution in [-0.4, -0.2) is 47.3 Å². The molecular weight excluding hydrogens is 336 g/mol. The molecule has 0 radical (unpaired) electrons. The highest BCUT2D eigenvalue weighted by Gasteiger charge is 2.57. The highest BCUT2D eigenvalue weighted by atomic mass is 16.2. The van der Waals surface area contributed by atoms with Crippen LogP contribution in [0.5, 0.6) is 0 Å². The van der Waals surface area contributed by atoms with Crippen LogP contribution < -0.4 is 0 Å². The summed E-state index contributed by atoms with van der Waals surface area (Å²) in [5.74, 6) is 4.08. The number of amides is 2. The zero-order valence-corrected chi connectivity index (χ0v) is 17.2. The van der Waals surface area contributed by atoms with Crippen molar-refractivity contribution in [3.63, 3.8) is 0 Å². The fraction of sp³-hybridized carbons (Fsp3) is 0.913. The zero-order chi connectivity index (χ0) is 18.8. The minimum absolute atomic E-state index is 0.111. The SMILES string of the molecule is C[C@@H]1C[C@@H](C)CN(C(=O)[C@@H]2CCCN2C(=O)C23CC4CC(CC(C4)C2)C3)C1. The van der Waals surface area contributed by atoms with Crippen molar-refractivity contribution in [1.82, 2.24) is 9.80 Å².